The van der Waals surface area contributed by atoms with Gasteiger partial charge >= 0.3 is 6.18 Å². The summed E-state index contributed by atoms with van der Waals surface area (Å²) in [6, 6.07) is 13.1. The van der Waals surface area contributed by atoms with E-state index in [1.165, 1.54) is 16.4 Å². The quantitative estimate of drug-likeness (QED) is 0.679. The van der Waals surface area contributed by atoms with E-state index >= 15 is 0 Å². The third kappa shape index (κ3) is 5.94. The van der Waals surface area contributed by atoms with Crippen LogP contribution in [0.3, 0.4) is 0 Å². The number of nitrogens with zero attached hydrogens (tertiary/aromatic N) is 2. The first-order chi connectivity index (χ1) is 13.8. The summed E-state index contributed by atoms with van der Waals surface area (Å²) in [5.41, 5.74) is -0.260. The number of sulfonamides is 1. The van der Waals surface area contributed by atoms with Crippen molar-refractivity contribution < 1.29 is 26.3 Å². The number of alkyl halides is 3. The van der Waals surface area contributed by atoms with Crippen molar-refractivity contribution in [3.05, 3.63) is 65.7 Å². The molecule has 0 radical (unpaired) electrons. The summed E-state index contributed by atoms with van der Waals surface area (Å²) in [5.74, 6) is -0.505. The van der Waals surface area contributed by atoms with Gasteiger partial charge < -0.3 is 4.74 Å². The fourth-order valence-corrected chi connectivity index (χ4v) is 4.77. The van der Waals surface area contributed by atoms with E-state index in [9.17, 15) is 21.6 Å². The maximum atomic E-state index is 13.1. The van der Waals surface area contributed by atoms with Crippen molar-refractivity contribution in [1.82, 2.24) is 4.90 Å². The molecule has 0 N–H and O–H groups in total. The van der Waals surface area contributed by atoms with Gasteiger partial charge in [-0.25, -0.2) is 8.42 Å². The molecule has 0 atom stereocenters. The maximum absolute atomic E-state index is 13.1. The lowest BCUT2D eigenvalue weighted by molar-refractivity contribution is -0.137. The van der Waals surface area contributed by atoms with E-state index in [1.807, 2.05) is 0 Å². The normalized spacial score (nSPS) is 16.0. The molecular formula is C20H23F3N2O3S. The van der Waals surface area contributed by atoms with Crippen molar-refractivity contribution in [2.75, 3.05) is 43.7 Å². The van der Waals surface area contributed by atoms with Gasteiger partial charge in [0.1, 0.15) is 0 Å². The number of hydrogen-bond acceptors (Lipinski definition) is 4. The van der Waals surface area contributed by atoms with E-state index in [1.54, 1.807) is 30.3 Å². The predicted octanol–water partition coefficient (Wildman–Crippen LogP) is 3.37. The summed E-state index contributed by atoms with van der Waals surface area (Å²) >= 11 is 0. The number of anilines is 1. The second-order valence-electron chi connectivity index (χ2n) is 6.82. The van der Waals surface area contributed by atoms with Crippen LogP contribution in [0.4, 0.5) is 18.9 Å². The molecule has 1 aliphatic rings. The third-order valence-electron chi connectivity index (χ3n) is 4.71. The number of para-hydroxylation sites is 1. The molecule has 1 heterocycles. The molecule has 3 rings (SSSR count). The number of benzene rings is 2. The van der Waals surface area contributed by atoms with E-state index in [2.05, 4.69) is 4.90 Å². The van der Waals surface area contributed by atoms with Gasteiger partial charge in [-0.15, -0.1) is 0 Å². The van der Waals surface area contributed by atoms with Crippen LogP contribution in [0.2, 0.25) is 0 Å². The molecule has 2 aromatic carbocycles. The van der Waals surface area contributed by atoms with E-state index in [0.29, 0.717) is 25.4 Å². The summed E-state index contributed by atoms with van der Waals surface area (Å²) in [6.45, 7) is 3.36. The Morgan fingerprint density at radius 3 is 2.34 bits per heavy atom. The first-order valence-electron chi connectivity index (χ1n) is 9.27. The fraction of sp³-hybridized carbons (Fsp3) is 0.400. The van der Waals surface area contributed by atoms with E-state index in [0.717, 1.165) is 25.2 Å². The lowest BCUT2D eigenvalue weighted by Crippen LogP contribution is -2.43. The molecule has 1 aliphatic heterocycles. The minimum Gasteiger partial charge on any atom is -0.379 e. The van der Waals surface area contributed by atoms with Gasteiger partial charge in [0.15, 0.2) is 0 Å². The molecule has 1 saturated heterocycles. The minimum absolute atomic E-state index is 0.104. The van der Waals surface area contributed by atoms with Gasteiger partial charge in [-0.1, -0.05) is 36.4 Å². The van der Waals surface area contributed by atoms with Crippen LogP contribution in [0, 0.1) is 0 Å². The second-order valence-corrected chi connectivity index (χ2v) is 8.71. The molecule has 29 heavy (non-hydrogen) atoms. The Morgan fingerprint density at radius 2 is 1.69 bits per heavy atom. The maximum Gasteiger partial charge on any atom is 0.416 e. The zero-order chi connectivity index (χ0) is 20.9. The first-order valence-corrected chi connectivity index (χ1v) is 10.9. The Morgan fingerprint density at radius 1 is 1.00 bits per heavy atom. The monoisotopic (exact) mass is 428 g/mol. The average molecular weight is 428 g/mol. The zero-order valence-corrected chi connectivity index (χ0v) is 16.6. The highest BCUT2D eigenvalue weighted by Crippen LogP contribution is 2.30. The largest absolute Gasteiger partial charge is 0.416 e. The molecule has 0 amide bonds. The standard InChI is InChI=1S/C20H23F3N2O3S/c21-20(22,23)18-6-4-5-17(15-18)16-29(26,27)25(19-7-2-1-3-8-19)10-9-24-11-13-28-14-12-24/h1-8,15H,9-14,16H2. The molecule has 5 nitrogen and oxygen atoms in total. The van der Waals surface area contributed by atoms with Crippen LogP contribution in [-0.2, 0) is 26.7 Å². The average Bonchev–Trinajstić information content (AvgIpc) is 2.69. The molecule has 0 aromatic heterocycles. The molecule has 1 fully saturated rings. The minimum atomic E-state index is -4.52. The number of hydrogen-bond donors (Lipinski definition) is 0. The molecule has 0 saturated carbocycles. The van der Waals surface area contributed by atoms with Crippen LogP contribution < -0.4 is 4.31 Å². The van der Waals surface area contributed by atoms with Gasteiger partial charge in [0.2, 0.25) is 10.0 Å². The summed E-state index contributed by atoms with van der Waals surface area (Å²) in [7, 11) is -3.88. The molecule has 0 aliphatic carbocycles. The van der Waals surface area contributed by atoms with Crippen LogP contribution in [0.1, 0.15) is 11.1 Å². The zero-order valence-electron chi connectivity index (χ0n) is 15.8. The van der Waals surface area contributed by atoms with E-state index in [-0.39, 0.29) is 12.1 Å². The molecule has 0 bridgehead atoms. The third-order valence-corrected chi connectivity index (χ3v) is 6.47. The van der Waals surface area contributed by atoms with Crippen molar-refractivity contribution in [3.8, 4) is 0 Å². The van der Waals surface area contributed by atoms with Gasteiger partial charge in [0, 0.05) is 26.2 Å². The van der Waals surface area contributed by atoms with Crippen molar-refractivity contribution in [2.45, 2.75) is 11.9 Å². The molecule has 2 aromatic rings. The Kier molecular flexibility index (Phi) is 6.81. The van der Waals surface area contributed by atoms with Crippen LogP contribution in [-0.4, -0.2) is 52.7 Å². The van der Waals surface area contributed by atoms with E-state index in [4.69, 9.17) is 4.74 Å². The Balaban J connectivity index is 1.81. The van der Waals surface area contributed by atoms with Crippen molar-refractivity contribution in [1.29, 1.82) is 0 Å². The smallest absolute Gasteiger partial charge is 0.379 e. The highest BCUT2D eigenvalue weighted by atomic mass is 32.2. The van der Waals surface area contributed by atoms with Gasteiger partial charge in [-0.3, -0.25) is 9.21 Å². The second kappa shape index (κ2) is 9.15. The van der Waals surface area contributed by atoms with Crippen molar-refractivity contribution in [3.63, 3.8) is 0 Å². The summed E-state index contributed by atoms with van der Waals surface area (Å²) in [6.07, 6.45) is -4.52. The van der Waals surface area contributed by atoms with Gasteiger partial charge in [-0.05, 0) is 23.8 Å². The number of morpholine rings is 1. The van der Waals surface area contributed by atoms with Gasteiger partial charge in [-0.2, -0.15) is 13.2 Å². The first kappa shape index (κ1) is 21.6. The molecule has 0 unspecified atom stereocenters. The number of halogens is 3. The Hall–Kier alpha value is -2.10. The molecule has 0 spiro atoms. The van der Waals surface area contributed by atoms with Crippen LogP contribution >= 0.6 is 0 Å². The topological polar surface area (TPSA) is 49.9 Å². The molecule has 158 valence electrons. The van der Waals surface area contributed by atoms with Crippen molar-refractivity contribution in [2.24, 2.45) is 0 Å². The molecular weight excluding hydrogens is 405 g/mol. The SMILES string of the molecule is O=S(=O)(Cc1cccc(C(F)(F)F)c1)N(CCN1CCOCC1)c1ccccc1. The number of rotatable bonds is 7. The summed E-state index contributed by atoms with van der Waals surface area (Å²) in [4.78, 5) is 2.11. The lowest BCUT2D eigenvalue weighted by Gasteiger charge is -2.30. The lowest BCUT2D eigenvalue weighted by atomic mass is 10.1. The Labute approximate surface area is 168 Å². The predicted molar refractivity (Wildman–Crippen MR) is 105 cm³/mol. The highest BCUT2D eigenvalue weighted by molar-refractivity contribution is 7.92. The number of ether oxygens (including phenoxy) is 1. The van der Waals surface area contributed by atoms with Crippen LogP contribution in [0.25, 0.3) is 0 Å². The molecule has 9 heteroatoms. The highest BCUT2D eigenvalue weighted by Gasteiger charge is 2.31. The van der Waals surface area contributed by atoms with E-state index < -0.39 is 27.5 Å². The van der Waals surface area contributed by atoms with Gasteiger partial charge in [0.25, 0.3) is 0 Å². The summed E-state index contributed by atoms with van der Waals surface area (Å²) in [5, 5.41) is 0. The fourth-order valence-electron chi connectivity index (χ4n) is 3.21. The summed E-state index contributed by atoms with van der Waals surface area (Å²) < 4.78 is 71.8. The Bertz CT molecular complexity index is 899. The van der Waals surface area contributed by atoms with Crippen molar-refractivity contribution >= 4 is 15.7 Å². The van der Waals surface area contributed by atoms with Gasteiger partial charge in [0.05, 0.1) is 30.2 Å². The van der Waals surface area contributed by atoms with Crippen LogP contribution in [0.5, 0.6) is 0 Å². The van der Waals surface area contributed by atoms with Crippen LogP contribution in [0.15, 0.2) is 54.6 Å².